The molecule has 19 heavy (non-hydrogen) atoms. The minimum absolute atomic E-state index is 0.389. The summed E-state index contributed by atoms with van der Waals surface area (Å²) in [5.74, 6) is 0.660. The van der Waals surface area contributed by atoms with Gasteiger partial charge >= 0.3 is 0 Å². The van der Waals surface area contributed by atoms with Crippen molar-refractivity contribution in [1.29, 1.82) is 0 Å². The van der Waals surface area contributed by atoms with Crippen molar-refractivity contribution in [2.75, 3.05) is 7.11 Å². The Hall–Kier alpha value is -1.22. The fraction of sp³-hybridized carbons (Fsp3) is 0.200. The van der Waals surface area contributed by atoms with Crippen LogP contribution in [0.2, 0.25) is 10.0 Å². The molecule has 1 N–H and O–H groups in total. The van der Waals surface area contributed by atoms with Gasteiger partial charge in [-0.15, -0.1) is 0 Å². The third kappa shape index (κ3) is 3.41. The molecule has 0 heterocycles. The summed E-state index contributed by atoms with van der Waals surface area (Å²) in [4.78, 5) is 0. The van der Waals surface area contributed by atoms with Crippen molar-refractivity contribution in [3.8, 4) is 5.75 Å². The topological polar surface area (TPSA) is 29.5 Å². The number of ether oxygens (including phenoxy) is 1. The number of aliphatic hydroxyl groups is 1. The highest BCUT2D eigenvalue weighted by molar-refractivity contribution is 6.33. The van der Waals surface area contributed by atoms with Crippen molar-refractivity contribution in [1.82, 2.24) is 0 Å². The maximum atomic E-state index is 10.3. The van der Waals surface area contributed by atoms with Crippen LogP contribution in [0.1, 0.15) is 17.2 Å². The number of aliphatic hydroxyl groups excluding tert-OH is 1. The highest BCUT2D eigenvalue weighted by Crippen LogP contribution is 2.30. The SMILES string of the molecule is COc1ccccc1C(O)Cc1cc(Cl)ccc1Cl. The van der Waals surface area contributed by atoms with Crippen LogP contribution in [0.25, 0.3) is 0 Å². The summed E-state index contributed by atoms with van der Waals surface area (Å²) in [6.07, 6.45) is -0.299. The van der Waals surface area contributed by atoms with Crippen molar-refractivity contribution in [2.24, 2.45) is 0 Å². The molecule has 0 spiro atoms. The van der Waals surface area contributed by atoms with E-state index < -0.39 is 6.10 Å². The van der Waals surface area contributed by atoms with Gasteiger partial charge in [-0.25, -0.2) is 0 Å². The van der Waals surface area contributed by atoms with Crippen molar-refractivity contribution in [3.63, 3.8) is 0 Å². The van der Waals surface area contributed by atoms with E-state index in [1.807, 2.05) is 24.3 Å². The van der Waals surface area contributed by atoms with E-state index in [0.717, 1.165) is 11.1 Å². The van der Waals surface area contributed by atoms with Crippen LogP contribution in [-0.2, 0) is 6.42 Å². The molecule has 0 bridgehead atoms. The first-order valence-electron chi connectivity index (χ1n) is 5.86. The second-order valence-electron chi connectivity index (χ2n) is 4.20. The Morgan fingerprint density at radius 1 is 1.16 bits per heavy atom. The molecule has 4 heteroatoms. The number of halogens is 2. The van der Waals surface area contributed by atoms with Crippen LogP contribution in [0.4, 0.5) is 0 Å². The predicted molar refractivity (Wildman–Crippen MR) is 78.1 cm³/mol. The lowest BCUT2D eigenvalue weighted by Gasteiger charge is -2.15. The standard InChI is InChI=1S/C15H14Cl2O2/c1-19-15-5-3-2-4-12(15)14(18)9-10-8-11(16)6-7-13(10)17/h2-8,14,18H,9H2,1H3. The van der Waals surface area contributed by atoms with Gasteiger partial charge < -0.3 is 9.84 Å². The van der Waals surface area contributed by atoms with E-state index in [2.05, 4.69) is 0 Å². The Balaban J connectivity index is 2.25. The molecule has 0 aliphatic heterocycles. The van der Waals surface area contributed by atoms with E-state index in [4.69, 9.17) is 27.9 Å². The zero-order valence-electron chi connectivity index (χ0n) is 10.4. The van der Waals surface area contributed by atoms with Crippen LogP contribution in [0.3, 0.4) is 0 Å². The fourth-order valence-corrected chi connectivity index (χ4v) is 2.35. The van der Waals surface area contributed by atoms with Crippen molar-refractivity contribution >= 4 is 23.2 Å². The highest BCUT2D eigenvalue weighted by Gasteiger charge is 2.15. The zero-order valence-corrected chi connectivity index (χ0v) is 11.9. The van der Waals surface area contributed by atoms with E-state index >= 15 is 0 Å². The van der Waals surface area contributed by atoms with Crippen LogP contribution >= 0.6 is 23.2 Å². The maximum Gasteiger partial charge on any atom is 0.124 e. The number of benzene rings is 2. The molecule has 1 unspecified atom stereocenters. The van der Waals surface area contributed by atoms with E-state index in [9.17, 15) is 5.11 Å². The maximum absolute atomic E-state index is 10.3. The van der Waals surface area contributed by atoms with E-state index in [1.165, 1.54) is 0 Å². The van der Waals surface area contributed by atoms with Gasteiger partial charge in [0.2, 0.25) is 0 Å². The van der Waals surface area contributed by atoms with Crippen LogP contribution < -0.4 is 4.74 Å². The molecule has 2 rings (SSSR count). The number of hydrogen-bond acceptors (Lipinski definition) is 2. The van der Waals surface area contributed by atoms with E-state index in [-0.39, 0.29) is 0 Å². The molecule has 0 aromatic heterocycles. The molecular formula is C15H14Cl2O2. The van der Waals surface area contributed by atoms with Gasteiger partial charge in [-0.3, -0.25) is 0 Å². The number of para-hydroxylation sites is 1. The third-order valence-electron chi connectivity index (χ3n) is 2.92. The second kappa shape index (κ2) is 6.29. The lowest BCUT2D eigenvalue weighted by molar-refractivity contribution is 0.174. The van der Waals surface area contributed by atoms with Crippen LogP contribution in [0.5, 0.6) is 5.75 Å². The Morgan fingerprint density at radius 3 is 2.63 bits per heavy atom. The third-order valence-corrected chi connectivity index (χ3v) is 3.52. The van der Waals surface area contributed by atoms with Gasteiger partial charge in [0, 0.05) is 22.0 Å². The molecule has 0 aliphatic carbocycles. The Kier molecular flexibility index (Phi) is 4.70. The number of rotatable bonds is 4. The largest absolute Gasteiger partial charge is 0.496 e. The number of hydrogen-bond donors (Lipinski definition) is 1. The molecule has 2 aromatic rings. The molecule has 0 aliphatic rings. The first-order chi connectivity index (χ1) is 9.11. The van der Waals surface area contributed by atoms with Gasteiger partial charge in [-0.1, -0.05) is 41.4 Å². The fourth-order valence-electron chi connectivity index (χ4n) is 1.96. The smallest absolute Gasteiger partial charge is 0.124 e. The molecule has 1 atom stereocenters. The van der Waals surface area contributed by atoms with Gasteiger partial charge in [0.25, 0.3) is 0 Å². The lowest BCUT2D eigenvalue weighted by Crippen LogP contribution is -2.04. The molecular weight excluding hydrogens is 283 g/mol. The van der Waals surface area contributed by atoms with E-state index in [1.54, 1.807) is 25.3 Å². The van der Waals surface area contributed by atoms with E-state index in [0.29, 0.717) is 22.2 Å². The Labute approximate surface area is 122 Å². The lowest BCUT2D eigenvalue weighted by atomic mass is 10.0. The minimum atomic E-state index is -0.688. The molecule has 2 nitrogen and oxygen atoms in total. The van der Waals surface area contributed by atoms with Gasteiger partial charge in [0.1, 0.15) is 5.75 Å². The predicted octanol–water partition coefficient (Wildman–Crippen LogP) is 4.28. The summed E-state index contributed by atoms with van der Waals surface area (Å²) in [5, 5.41) is 11.5. The van der Waals surface area contributed by atoms with Gasteiger partial charge in [-0.2, -0.15) is 0 Å². The molecule has 0 saturated heterocycles. The summed E-state index contributed by atoms with van der Waals surface area (Å²) in [6, 6.07) is 12.6. The monoisotopic (exact) mass is 296 g/mol. The molecule has 0 fully saturated rings. The van der Waals surface area contributed by atoms with Gasteiger partial charge in [-0.05, 0) is 29.8 Å². The zero-order chi connectivity index (χ0) is 13.8. The van der Waals surface area contributed by atoms with Crippen LogP contribution in [0.15, 0.2) is 42.5 Å². The Morgan fingerprint density at radius 2 is 1.89 bits per heavy atom. The van der Waals surface area contributed by atoms with Gasteiger partial charge in [0.05, 0.1) is 13.2 Å². The van der Waals surface area contributed by atoms with Crippen LogP contribution in [0, 0.1) is 0 Å². The first-order valence-corrected chi connectivity index (χ1v) is 6.62. The average Bonchev–Trinajstić information content (AvgIpc) is 2.42. The normalized spacial score (nSPS) is 12.2. The summed E-state index contributed by atoms with van der Waals surface area (Å²) >= 11 is 12.0. The average molecular weight is 297 g/mol. The molecule has 0 saturated carbocycles. The molecule has 2 aromatic carbocycles. The molecule has 100 valence electrons. The summed E-state index contributed by atoms with van der Waals surface area (Å²) < 4.78 is 5.24. The number of methoxy groups -OCH3 is 1. The minimum Gasteiger partial charge on any atom is -0.496 e. The van der Waals surface area contributed by atoms with Crippen molar-refractivity contribution in [3.05, 3.63) is 63.6 Å². The summed E-state index contributed by atoms with van der Waals surface area (Å²) in [6.45, 7) is 0. The summed E-state index contributed by atoms with van der Waals surface area (Å²) in [5.41, 5.74) is 1.55. The van der Waals surface area contributed by atoms with Crippen molar-refractivity contribution in [2.45, 2.75) is 12.5 Å². The second-order valence-corrected chi connectivity index (χ2v) is 5.04. The molecule has 0 radical (unpaired) electrons. The molecule has 0 amide bonds. The quantitative estimate of drug-likeness (QED) is 0.912. The Bertz CT molecular complexity index is 570. The first kappa shape index (κ1) is 14.2. The van der Waals surface area contributed by atoms with Crippen molar-refractivity contribution < 1.29 is 9.84 Å². The summed E-state index contributed by atoms with van der Waals surface area (Å²) in [7, 11) is 1.58. The highest BCUT2D eigenvalue weighted by atomic mass is 35.5. The van der Waals surface area contributed by atoms with Gasteiger partial charge in [0.15, 0.2) is 0 Å². The van der Waals surface area contributed by atoms with Crippen LogP contribution in [-0.4, -0.2) is 12.2 Å².